The van der Waals surface area contributed by atoms with Gasteiger partial charge in [0.05, 0.1) is 5.92 Å². The topological polar surface area (TPSA) is 69.6 Å². The first-order valence-corrected chi connectivity index (χ1v) is 8.14. The average molecular weight is 320 g/mol. The maximum absolute atomic E-state index is 12.4. The molecule has 2 N–H and O–H groups in total. The highest BCUT2D eigenvalue weighted by atomic mass is 16.4. The fourth-order valence-corrected chi connectivity index (χ4v) is 2.51. The Morgan fingerprint density at radius 2 is 1.91 bits per heavy atom. The highest BCUT2D eigenvalue weighted by Gasteiger charge is 2.19. The third-order valence-corrected chi connectivity index (χ3v) is 3.87. The van der Waals surface area contributed by atoms with E-state index in [1.807, 2.05) is 18.2 Å². The van der Waals surface area contributed by atoms with Crippen molar-refractivity contribution in [3.63, 3.8) is 0 Å². The Morgan fingerprint density at radius 3 is 2.43 bits per heavy atom. The second-order valence-corrected chi connectivity index (χ2v) is 6.34. The molecular formula is C18H28N2O3. The van der Waals surface area contributed by atoms with E-state index in [0.717, 1.165) is 29.7 Å². The number of aryl methyl sites for hydroxylation is 1. The van der Waals surface area contributed by atoms with Crippen LogP contribution in [-0.4, -0.2) is 35.6 Å². The number of rotatable bonds is 7. The van der Waals surface area contributed by atoms with E-state index >= 15 is 0 Å². The summed E-state index contributed by atoms with van der Waals surface area (Å²) in [4.78, 5) is 24.8. The minimum atomic E-state index is -0.904. The predicted molar refractivity (Wildman–Crippen MR) is 93.0 cm³/mol. The van der Waals surface area contributed by atoms with E-state index in [1.165, 1.54) is 4.90 Å². The monoisotopic (exact) mass is 320 g/mol. The minimum absolute atomic E-state index is 0.175. The summed E-state index contributed by atoms with van der Waals surface area (Å²) in [6, 6.07) is 5.81. The SMILES string of the molecule is CCCc1cccc(C(C)C)c1NC(=O)N(C)CC(C)C(=O)O. The van der Waals surface area contributed by atoms with Gasteiger partial charge in [0.1, 0.15) is 0 Å². The van der Waals surface area contributed by atoms with Crippen LogP contribution < -0.4 is 5.32 Å². The van der Waals surface area contributed by atoms with Crippen LogP contribution in [0.1, 0.15) is 51.2 Å². The van der Waals surface area contributed by atoms with Crippen molar-refractivity contribution in [2.45, 2.75) is 46.5 Å². The van der Waals surface area contributed by atoms with Gasteiger partial charge in [-0.05, 0) is 23.5 Å². The summed E-state index contributed by atoms with van der Waals surface area (Å²) in [5.41, 5.74) is 3.08. The number of carboxylic acid groups (broad SMARTS) is 1. The molecule has 5 heteroatoms. The lowest BCUT2D eigenvalue weighted by molar-refractivity contribution is -0.141. The maximum Gasteiger partial charge on any atom is 0.321 e. The van der Waals surface area contributed by atoms with E-state index in [-0.39, 0.29) is 12.6 Å². The van der Waals surface area contributed by atoms with Crippen molar-refractivity contribution in [2.75, 3.05) is 18.9 Å². The maximum atomic E-state index is 12.4. The Labute approximate surface area is 138 Å². The Kier molecular flexibility index (Phi) is 7.07. The number of anilines is 1. The molecule has 1 rings (SSSR count). The van der Waals surface area contributed by atoms with Crippen molar-refractivity contribution in [1.82, 2.24) is 4.90 Å². The number of urea groups is 1. The van der Waals surface area contributed by atoms with Gasteiger partial charge in [0, 0.05) is 19.3 Å². The minimum Gasteiger partial charge on any atom is -0.481 e. The molecule has 0 saturated carbocycles. The zero-order valence-corrected chi connectivity index (χ0v) is 14.7. The second kappa shape index (κ2) is 8.56. The van der Waals surface area contributed by atoms with Crippen molar-refractivity contribution in [3.8, 4) is 0 Å². The smallest absolute Gasteiger partial charge is 0.321 e. The number of para-hydroxylation sites is 1. The predicted octanol–water partition coefficient (Wildman–Crippen LogP) is 3.95. The van der Waals surface area contributed by atoms with Crippen molar-refractivity contribution in [2.24, 2.45) is 5.92 Å². The summed E-state index contributed by atoms with van der Waals surface area (Å²) in [5.74, 6) is -1.20. The number of aliphatic carboxylic acids is 1. The fraction of sp³-hybridized carbons (Fsp3) is 0.556. The van der Waals surface area contributed by atoms with Gasteiger partial charge in [-0.2, -0.15) is 0 Å². The zero-order chi connectivity index (χ0) is 17.6. The van der Waals surface area contributed by atoms with Crippen LogP contribution in [0.4, 0.5) is 10.5 Å². The van der Waals surface area contributed by atoms with Crippen molar-refractivity contribution < 1.29 is 14.7 Å². The number of carbonyl (C=O) groups is 2. The first-order chi connectivity index (χ1) is 10.8. The first-order valence-electron chi connectivity index (χ1n) is 8.14. The Hall–Kier alpha value is -2.04. The van der Waals surface area contributed by atoms with Crippen molar-refractivity contribution in [1.29, 1.82) is 0 Å². The Balaban J connectivity index is 2.97. The number of carboxylic acids is 1. The summed E-state index contributed by atoms with van der Waals surface area (Å²) < 4.78 is 0. The van der Waals surface area contributed by atoms with E-state index in [9.17, 15) is 9.59 Å². The largest absolute Gasteiger partial charge is 0.481 e. The normalized spacial score (nSPS) is 12.1. The molecule has 23 heavy (non-hydrogen) atoms. The van der Waals surface area contributed by atoms with E-state index in [1.54, 1.807) is 14.0 Å². The Morgan fingerprint density at radius 1 is 1.26 bits per heavy atom. The summed E-state index contributed by atoms with van der Waals surface area (Å²) in [5, 5.41) is 12.0. The van der Waals surface area contributed by atoms with Gasteiger partial charge in [-0.15, -0.1) is 0 Å². The zero-order valence-electron chi connectivity index (χ0n) is 14.7. The van der Waals surface area contributed by atoms with E-state index in [4.69, 9.17) is 5.11 Å². The van der Waals surface area contributed by atoms with Gasteiger partial charge in [-0.3, -0.25) is 4.79 Å². The molecule has 128 valence electrons. The molecule has 0 aliphatic carbocycles. The molecule has 0 radical (unpaired) electrons. The molecule has 1 aromatic carbocycles. The van der Waals surface area contributed by atoms with Gasteiger partial charge < -0.3 is 15.3 Å². The third kappa shape index (κ3) is 5.27. The molecule has 1 aromatic rings. The molecule has 1 unspecified atom stereocenters. The van der Waals surface area contributed by atoms with Crippen molar-refractivity contribution in [3.05, 3.63) is 29.3 Å². The molecule has 0 aliphatic rings. The summed E-state index contributed by atoms with van der Waals surface area (Å²) in [6.07, 6.45) is 1.89. The van der Waals surface area contributed by atoms with E-state index < -0.39 is 11.9 Å². The van der Waals surface area contributed by atoms with Gasteiger partial charge in [-0.25, -0.2) is 4.79 Å². The van der Waals surface area contributed by atoms with Gasteiger partial charge in [-0.1, -0.05) is 52.3 Å². The van der Waals surface area contributed by atoms with Crippen LogP contribution >= 0.6 is 0 Å². The van der Waals surface area contributed by atoms with Crippen molar-refractivity contribution >= 4 is 17.7 Å². The molecular weight excluding hydrogens is 292 g/mol. The molecule has 0 bridgehead atoms. The highest BCUT2D eigenvalue weighted by molar-refractivity contribution is 5.91. The third-order valence-electron chi connectivity index (χ3n) is 3.87. The van der Waals surface area contributed by atoms with E-state index in [0.29, 0.717) is 5.92 Å². The molecule has 0 fully saturated rings. The first kappa shape index (κ1) is 19.0. The molecule has 0 heterocycles. The lowest BCUT2D eigenvalue weighted by Crippen LogP contribution is -2.37. The molecule has 2 amide bonds. The van der Waals surface area contributed by atoms with Gasteiger partial charge in [0.25, 0.3) is 0 Å². The number of carbonyl (C=O) groups excluding carboxylic acids is 1. The number of benzene rings is 1. The van der Waals surface area contributed by atoms with Crippen LogP contribution in [0.25, 0.3) is 0 Å². The molecule has 1 atom stereocenters. The lowest BCUT2D eigenvalue weighted by atomic mass is 9.96. The summed E-state index contributed by atoms with van der Waals surface area (Å²) in [7, 11) is 1.62. The van der Waals surface area contributed by atoms with Crippen LogP contribution in [0, 0.1) is 5.92 Å². The number of nitrogens with zero attached hydrogens (tertiary/aromatic N) is 1. The van der Waals surface area contributed by atoms with Crippen LogP contribution in [0.15, 0.2) is 18.2 Å². The second-order valence-electron chi connectivity index (χ2n) is 6.34. The van der Waals surface area contributed by atoms with Crippen LogP contribution in [0.5, 0.6) is 0 Å². The number of hydrogen-bond acceptors (Lipinski definition) is 2. The van der Waals surface area contributed by atoms with Crippen LogP contribution in [-0.2, 0) is 11.2 Å². The van der Waals surface area contributed by atoms with Gasteiger partial charge >= 0.3 is 12.0 Å². The number of amides is 2. The van der Waals surface area contributed by atoms with Crippen LogP contribution in [0.2, 0.25) is 0 Å². The molecule has 0 spiro atoms. The standard InChI is InChI=1S/C18H28N2O3/c1-6-8-14-9-7-10-15(12(2)3)16(14)19-18(23)20(5)11-13(4)17(21)22/h7,9-10,12-13H,6,8,11H2,1-5H3,(H,19,23)(H,21,22). The molecule has 0 aromatic heterocycles. The lowest BCUT2D eigenvalue weighted by Gasteiger charge is -2.23. The van der Waals surface area contributed by atoms with Crippen LogP contribution in [0.3, 0.4) is 0 Å². The average Bonchev–Trinajstić information content (AvgIpc) is 2.48. The summed E-state index contributed by atoms with van der Waals surface area (Å²) >= 11 is 0. The number of hydrogen-bond donors (Lipinski definition) is 2. The highest BCUT2D eigenvalue weighted by Crippen LogP contribution is 2.29. The molecule has 5 nitrogen and oxygen atoms in total. The molecule has 0 saturated heterocycles. The number of nitrogens with one attached hydrogen (secondary N) is 1. The fourth-order valence-electron chi connectivity index (χ4n) is 2.51. The van der Waals surface area contributed by atoms with Gasteiger partial charge in [0.15, 0.2) is 0 Å². The summed E-state index contributed by atoms with van der Waals surface area (Å²) in [6.45, 7) is 8.06. The quantitative estimate of drug-likeness (QED) is 0.799. The molecule has 0 aliphatic heterocycles. The Bertz CT molecular complexity index is 555. The van der Waals surface area contributed by atoms with Gasteiger partial charge in [0.2, 0.25) is 0 Å². The van der Waals surface area contributed by atoms with E-state index in [2.05, 4.69) is 26.1 Å².